The first-order chi connectivity index (χ1) is 12.0. The second-order valence-electron chi connectivity index (χ2n) is 6.28. The summed E-state index contributed by atoms with van der Waals surface area (Å²) in [5.41, 5.74) is 0.725. The van der Waals surface area contributed by atoms with Gasteiger partial charge in [0.05, 0.1) is 17.1 Å². The van der Waals surface area contributed by atoms with Crippen LogP contribution < -0.4 is 0 Å². The number of sulfone groups is 1. The van der Waals surface area contributed by atoms with E-state index in [9.17, 15) is 17.6 Å². The minimum atomic E-state index is -3.43. The highest BCUT2D eigenvalue weighted by Gasteiger charge is 2.32. The third-order valence-corrected chi connectivity index (χ3v) is 6.29. The van der Waals surface area contributed by atoms with Crippen LogP contribution in [0.3, 0.4) is 0 Å². The molecule has 0 spiro atoms. The van der Waals surface area contributed by atoms with Gasteiger partial charge in [-0.1, -0.05) is 30.3 Å². The van der Waals surface area contributed by atoms with Crippen molar-refractivity contribution in [2.45, 2.75) is 30.2 Å². The number of hydrogen-bond donors (Lipinski definition) is 0. The van der Waals surface area contributed by atoms with Crippen molar-refractivity contribution in [1.29, 1.82) is 0 Å². The van der Waals surface area contributed by atoms with Crippen LogP contribution in [0, 0.1) is 5.82 Å². The highest BCUT2D eigenvalue weighted by atomic mass is 32.2. The van der Waals surface area contributed by atoms with Crippen molar-refractivity contribution in [3.05, 3.63) is 66.0 Å². The van der Waals surface area contributed by atoms with Crippen LogP contribution in [0.1, 0.15) is 18.4 Å². The minimum Gasteiger partial charge on any atom is -0.338 e. The van der Waals surface area contributed by atoms with Crippen LogP contribution >= 0.6 is 0 Å². The Morgan fingerprint density at radius 1 is 1.08 bits per heavy atom. The summed E-state index contributed by atoms with van der Waals surface area (Å²) >= 11 is 0. The van der Waals surface area contributed by atoms with E-state index in [2.05, 4.69) is 0 Å². The fraction of sp³-hybridized carbons (Fsp3) is 0.316. The molecule has 1 fully saturated rings. The van der Waals surface area contributed by atoms with E-state index in [1.807, 2.05) is 0 Å². The SMILES string of the molecule is O=C(Cc1ccc(F)cc1)N1CCCC1CS(=O)(=O)c1ccccc1. The predicted molar refractivity (Wildman–Crippen MR) is 93.3 cm³/mol. The lowest BCUT2D eigenvalue weighted by atomic mass is 10.1. The Balaban J connectivity index is 1.70. The number of carbonyl (C=O) groups is 1. The summed E-state index contributed by atoms with van der Waals surface area (Å²) in [5.74, 6) is -0.520. The summed E-state index contributed by atoms with van der Waals surface area (Å²) in [6.45, 7) is 0.564. The first kappa shape index (κ1) is 17.6. The monoisotopic (exact) mass is 361 g/mol. The molecule has 1 saturated heterocycles. The molecule has 2 aromatic rings. The van der Waals surface area contributed by atoms with Crippen molar-refractivity contribution in [2.75, 3.05) is 12.3 Å². The topological polar surface area (TPSA) is 54.5 Å². The number of hydrogen-bond acceptors (Lipinski definition) is 3. The van der Waals surface area contributed by atoms with Crippen LogP contribution in [0.25, 0.3) is 0 Å². The molecule has 0 aromatic heterocycles. The number of amides is 1. The van der Waals surface area contributed by atoms with Gasteiger partial charge in [-0.25, -0.2) is 12.8 Å². The van der Waals surface area contributed by atoms with Crippen LogP contribution in [0.4, 0.5) is 4.39 Å². The van der Waals surface area contributed by atoms with E-state index >= 15 is 0 Å². The molecule has 0 aliphatic carbocycles. The highest BCUT2D eigenvalue weighted by Crippen LogP contribution is 2.23. The van der Waals surface area contributed by atoms with E-state index in [-0.39, 0.29) is 34.8 Å². The molecule has 1 aliphatic rings. The Morgan fingerprint density at radius 2 is 1.76 bits per heavy atom. The normalized spacial score (nSPS) is 17.6. The van der Waals surface area contributed by atoms with Crippen LogP contribution in [-0.4, -0.2) is 37.6 Å². The number of carbonyl (C=O) groups excluding carboxylic acids is 1. The van der Waals surface area contributed by atoms with Gasteiger partial charge in [0.2, 0.25) is 5.91 Å². The van der Waals surface area contributed by atoms with Gasteiger partial charge in [0.1, 0.15) is 5.82 Å². The Kier molecular flexibility index (Phi) is 5.18. The Hall–Kier alpha value is -2.21. The van der Waals surface area contributed by atoms with Gasteiger partial charge in [-0.2, -0.15) is 0 Å². The van der Waals surface area contributed by atoms with Crippen molar-refractivity contribution in [3.63, 3.8) is 0 Å². The standard InChI is InChI=1S/C19H20FNO3S/c20-16-10-8-15(9-11-16)13-19(22)21-12-4-5-17(21)14-25(23,24)18-6-2-1-3-7-18/h1-3,6-11,17H,4-5,12-14H2. The van der Waals surface area contributed by atoms with Gasteiger partial charge < -0.3 is 4.90 Å². The second-order valence-corrected chi connectivity index (χ2v) is 8.32. The van der Waals surface area contributed by atoms with Crippen molar-refractivity contribution in [2.24, 2.45) is 0 Å². The summed E-state index contributed by atoms with van der Waals surface area (Å²) in [4.78, 5) is 14.5. The molecule has 4 nitrogen and oxygen atoms in total. The summed E-state index contributed by atoms with van der Waals surface area (Å²) in [7, 11) is -3.43. The molecule has 0 N–H and O–H groups in total. The smallest absolute Gasteiger partial charge is 0.227 e. The molecule has 1 aliphatic heterocycles. The van der Waals surface area contributed by atoms with Gasteiger partial charge in [0.25, 0.3) is 0 Å². The Labute approximate surface area is 147 Å². The van der Waals surface area contributed by atoms with Gasteiger partial charge in [-0.15, -0.1) is 0 Å². The summed E-state index contributed by atoms with van der Waals surface area (Å²) in [5, 5.41) is 0. The van der Waals surface area contributed by atoms with Crippen LogP contribution in [0.2, 0.25) is 0 Å². The van der Waals surface area contributed by atoms with Gasteiger partial charge in [0.15, 0.2) is 9.84 Å². The fourth-order valence-corrected chi connectivity index (χ4v) is 4.81. The van der Waals surface area contributed by atoms with Gasteiger partial charge in [-0.3, -0.25) is 4.79 Å². The molecule has 1 unspecified atom stereocenters. The average Bonchev–Trinajstić information content (AvgIpc) is 3.05. The van der Waals surface area contributed by atoms with E-state index in [0.29, 0.717) is 13.0 Å². The minimum absolute atomic E-state index is 0.0633. The van der Waals surface area contributed by atoms with E-state index in [1.165, 1.54) is 12.1 Å². The van der Waals surface area contributed by atoms with E-state index < -0.39 is 9.84 Å². The number of benzene rings is 2. The van der Waals surface area contributed by atoms with E-state index in [0.717, 1.165) is 12.0 Å². The fourth-order valence-electron chi connectivity index (χ4n) is 3.19. The van der Waals surface area contributed by atoms with Crippen molar-refractivity contribution in [1.82, 2.24) is 4.90 Å². The van der Waals surface area contributed by atoms with Gasteiger partial charge in [0, 0.05) is 12.6 Å². The zero-order valence-electron chi connectivity index (χ0n) is 13.8. The molecule has 6 heteroatoms. The van der Waals surface area contributed by atoms with Crippen molar-refractivity contribution in [3.8, 4) is 0 Å². The first-order valence-electron chi connectivity index (χ1n) is 8.27. The number of rotatable bonds is 5. The molecule has 0 radical (unpaired) electrons. The molecule has 132 valence electrons. The maximum Gasteiger partial charge on any atom is 0.227 e. The predicted octanol–water partition coefficient (Wildman–Crippen LogP) is 2.83. The molecular formula is C19H20FNO3S. The largest absolute Gasteiger partial charge is 0.338 e. The second kappa shape index (κ2) is 7.35. The van der Waals surface area contributed by atoms with E-state index in [1.54, 1.807) is 47.4 Å². The van der Waals surface area contributed by atoms with Crippen molar-refractivity contribution >= 4 is 15.7 Å². The Bertz CT molecular complexity index is 835. The van der Waals surface area contributed by atoms with Crippen molar-refractivity contribution < 1.29 is 17.6 Å². The molecular weight excluding hydrogens is 341 g/mol. The zero-order chi connectivity index (χ0) is 17.9. The van der Waals surface area contributed by atoms with Crippen LogP contribution in [-0.2, 0) is 21.1 Å². The molecule has 1 heterocycles. The zero-order valence-corrected chi connectivity index (χ0v) is 14.6. The molecule has 2 aromatic carbocycles. The molecule has 1 amide bonds. The average molecular weight is 361 g/mol. The van der Waals surface area contributed by atoms with Crippen LogP contribution in [0.5, 0.6) is 0 Å². The van der Waals surface area contributed by atoms with Gasteiger partial charge >= 0.3 is 0 Å². The number of nitrogens with zero attached hydrogens (tertiary/aromatic N) is 1. The van der Waals surface area contributed by atoms with Crippen LogP contribution in [0.15, 0.2) is 59.5 Å². The maximum atomic E-state index is 13.0. The molecule has 25 heavy (non-hydrogen) atoms. The van der Waals surface area contributed by atoms with Gasteiger partial charge in [-0.05, 0) is 42.7 Å². The first-order valence-corrected chi connectivity index (χ1v) is 9.93. The highest BCUT2D eigenvalue weighted by molar-refractivity contribution is 7.91. The third kappa shape index (κ3) is 4.25. The number of halogens is 1. The summed E-state index contributed by atoms with van der Waals surface area (Å²) < 4.78 is 38.1. The Morgan fingerprint density at radius 3 is 2.44 bits per heavy atom. The molecule has 1 atom stereocenters. The maximum absolute atomic E-state index is 13.0. The number of likely N-dealkylation sites (tertiary alicyclic amines) is 1. The third-order valence-electron chi connectivity index (χ3n) is 4.48. The quantitative estimate of drug-likeness (QED) is 0.823. The molecule has 0 bridgehead atoms. The molecule has 3 rings (SSSR count). The van der Waals surface area contributed by atoms with E-state index in [4.69, 9.17) is 0 Å². The summed E-state index contributed by atoms with van der Waals surface area (Å²) in [6.07, 6.45) is 1.63. The lowest BCUT2D eigenvalue weighted by Gasteiger charge is -2.24. The lowest BCUT2D eigenvalue weighted by Crippen LogP contribution is -2.40. The lowest BCUT2D eigenvalue weighted by molar-refractivity contribution is -0.130. The summed E-state index contributed by atoms with van der Waals surface area (Å²) in [6, 6.07) is 13.8. The molecule has 0 saturated carbocycles.